The highest BCUT2D eigenvalue weighted by atomic mass is 16.5. The van der Waals surface area contributed by atoms with E-state index in [9.17, 15) is 4.79 Å². The molecule has 21 heavy (non-hydrogen) atoms. The van der Waals surface area contributed by atoms with E-state index in [1.54, 1.807) is 6.07 Å². The van der Waals surface area contributed by atoms with Gasteiger partial charge in [-0.25, -0.2) is 0 Å². The third-order valence-electron chi connectivity index (χ3n) is 3.51. The van der Waals surface area contributed by atoms with Crippen molar-refractivity contribution >= 4 is 17.3 Å². The molecular formula is C15H20N4O2. The number of morpholine rings is 1. The van der Waals surface area contributed by atoms with Crippen molar-refractivity contribution in [2.24, 2.45) is 0 Å². The van der Waals surface area contributed by atoms with E-state index in [2.05, 4.69) is 11.4 Å². The van der Waals surface area contributed by atoms with Crippen LogP contribution in [0, 0.1) is 11.3 Å². The number of nitrogens with zero attached hydrogens (tertiary/aromatic N) is 2. The van der Waals surface area contributed by atoms with Gasteiger partial charge in [-0.3, -0.25) is 4.79 Å². The van der Waals surface area contributed by atoms with Gasteiger partial charge in [0, 0.05) is 24.5 Å². The molecule has 112 valence electrons. The lowest BCUT2D eigenvalue weighted by atomic mass is 10.1. The lowest BCUT2D eigenvalue weighted by molar-refractivity contribution is -0.124. The Hall–Kier alpha value is -2.26. The summed E-state index contributed by atoms with van der Waals surface area (Å²) < 4.78 is 5.42. The zero-order valence-corrected chi connectivity index (χ0v) is 12.1. The second-order valence-corrected chi connectivity index (χ2v) is 4.90. The van der Waals surface area contributed by atoms with E-state index in [-0.39, 0.29) is 18.4 Å². The normalized spacial score (nSPS) is 18.1. The summed E-state index contributed by atoms with van der Waals surface area (Å²) in [5, 5.41) is 11.7. The number of hydrogen-bond donors (Lipinski definition) is 2. The second kappa shape index (κ2) is 6.95. The topological polar surface area (TPSA) is 91.4 Å². The fourth-order valence-electron chi connectivity index (χ4n) is 2.43. The summed E-state index contributed by atoms with van der Waals surface area (Å²) in [5.74, 6) is -0.0455. The van der Waals surface area contributed by atoms with E-state index in [0.29, 0.717) is 32.0 Å². The van der Waals surface area contributed by atoms with Crippen molar-refractivity contribution in [3.63, 3.8) is 0 Å². The zero-order valence-electron chi connectivity index (χ0n) is 12.1. The van der Waals surface area contributed by atoms with Gasteiger partial charge < -0.3 is 20.7 Å². The molecule has 1 amide bonds. The summed E-state index contributed by atoms with van der Waals surface area (Å²) >= 11 is 0. The van der Waals surface area contributed by atoms with E-state index in [1.807, 2.05) is 24.0 Å². The fraction of sp³-hybridized carbons (Fsp3) is 0.467. The van der Waals surface area contributed by atoms with Crippen LogP contribution in [0.25, 0.3) is 0 Å². The van der Waals surface area contributed by atoms with Crippen LogP contribution in [0.2, 0.25) is 0 Å². The van der Waals surface area contributed by atoms with Gasteiger partial charge in [0.2, 0.25) is 5.91 Å². The predicted octanol–water partition coefficient (Wildman–Crippen LogP) is 0.676. The smallest absolute Gasteiger partial charge is 0.245 e. The molecule has 1 saturated heterocycles. The lowest BCUT2D eigenvalue weighted by Crippen LogP contribution is -2.54. The molecule has 1 atom stereocenters. The number of ether oxygens (including phenoxy) is 1. The minimum Gasteiger partial charge on any atom is -0.398 e. The summed E-state index contributed by atoms with van der Waals surface area (Å²) in [5.41, 5.74) is 8.16. The van der Waals surface area contributed by atoms with E-state index in [1.165, 1.54) is 0 Å². The molecule has 1 unspecified atom stereocenters. The van der Waals surface area contributed by atoms with Gasteiger partial charge in [-0.1, -0.05) is 0 Å². The Bertz CT molecular complexity index is 553. The van der Waals surface area contributed by atoms with E-state index < -0.39 is 0 Å². The monoisotopic (exact) mass is 288 g/mol. The first kappa shape index (κ1) is 15.1. The van der Waals surface area contributed by atoms with E-state index in [0.717, 1.165) is 11.3 Å². The Morgan fingerprint density at radius 2 is 2.43 bits per heavy atom. The number of benzene rings is 1. The molecule has 6 nitrogen and oxygen atoms in total. The molecule has 1 aromatic rings. The molecule has 6 heteroatoms. The molecule has 0 bridgehead atoms. The predicted molar refractivity (Wildman–Crippen MR) is 80.8 cm³/mol. The average Bonchev–Trinajstić information content (AvgIpc) is 2.50. The Kier molecular flexibility index (Phi) is 5.01. The third-order valence-corrected chi connectivity index (χ3v) is 3.51. The number of carbonyl (C=O) groups is 1. The third kappa shape index (κ3) is 3.44. The van der Waals surface area contributed by atoms with Crippen LogP contribution in [0.5, 0.6) is 0 Å². The maximum Gasteiger partial charge on any atom is 0.245 e. The Balaban J connectivity index is 2.27. The number of amides is 1. The number of nitrogens with one attached hydrogen (secondary N) is 1. The van der Waals surface area contributed by atoms with Crippen LogP contribution in [0.3, 0.4) is 0 Å². The highest BCUT2D eigenvalue weighted by Gasteiger charge is 2.29. The van der Waals surface area contributed by atoms with Crippen molar-refractivity contribution in [2.45, 2.75) is 19.4 Å². The van der Waals surface area contributed by atoms with Crippen molar-refractivity contribution < 1.29 is 9.53 Å². The SMILES string of the molecule is CCNC(=O)C1COCCN1c1ccc(N)c(CC#N)c1. The van der Waals surface area contributed by atoms with Gasteiger partial charge in [0.25, 0.3) is 0 Å². The van der Waals surface area contributed by atoms with Crippen LogP contribution >= 0.6 is 0 Å². The van der Waals surface area contributed by atoms with Gasteiger partial charge in [-0.2, -0.15) is 5.26 Å². The Morgan fingerprint density at radius 1 is 1.62 bits per heavy atom. The van der Waals surface area contributed by atoms with Crippen molar-refractivity contribution in [1.29, 1.82) is 5.26 Å². The number of nitrogen functional groups attached to an aromatic ring is 1. The highest BCUT2D eigenvalue weighted by Crippen LogP contribution is 2.25. The minimum atomic E-state index is -0.350. The molecule has 3 N–H and O–H groups in total. The standard InChI is InChI=1S/C15H20N4O2/c1-2-18-15(20)14-10-21-8-7-19(14)12-3-4-13(17)11(9-12)5-6-16/h3-4,9,14H,2,5,7-8,10,17H2,1H3,(H,18,20). The van der Waals surface area contributed by atoms with Gasteiger partial charge in [-0.05, 0) is 30.7 Å². The molecule has 0 aliphatic carbocycles. The summed E-state index contributed by atoms with van der Waals surface area (Å²) in [4.78, 5) is 14.2. The van der Waals surface area contributed by atoms with Crippen molar-refractivity contribution in [2.75, 3.05) is 36.9 Å². The number of likely N-dealkylation sites (N-methyl/N-ethyl adjacent to an activating group) is 1. The van der Waals surface area contributed by atoms with Crippen LogP contribution < -0.4 is 16.0 Å². The largest absolute Gasteiger partial charge is 0.398 e. The van der Waals surface area contributed by atoms with Gasteiger partial charge in [0.15, 0.2) is 0 Å². The number of carbonyl (C=O) groups excluding carboxylic acids is 1. The summed E-state index contributed by atoms with van der Waals surface area (Å²) in [6.07, 6.45) is 0.260. The zero-order chi connectivity index (χ0) is 15.2. The Labute approximate surface area is 124 Å². The summed E-state index contributed by atoms with van der Waals surface area (Å²) in [6, 6.07) is 7.31. The van der Waals surface area contributed by atoms with Crippen molar-refractivity contribution in [1.82, 2.24) is 5.32 Å². The first-order valence-corrected chi connectivity index (χ1v) is 7.04. The van der Waals surface area contributed by atoms with Crippen LogP contribution in [-0.2, 0) is 16.0 Å². The van der Waals surface area contributed by atoms with Gasteiger partial charge in [0.05, 0.1) is 25.7 Å². The average molecular weight is 288 g/mol. The molecule has 1 aromatic carbocycles. The number of anilines is 2. The quantitative estimate of drug-likeness (QED) is 0.795. The first-order valence-electron chi connectivity index (χ1n) is 7.04. The maximum atomic E-state index is 12.1. The summed E-state index contributed by atoms with van der Waals surface area (Å²) in [7, 11) is 0. The van der Waals surface area contributed by atoms with Crippen molar-refractivity contribution in [3.05, 3.63) is 23.8 Å². The van der Waals surface area contributed by atoms with Crippen LogP contribution in [0.1, 0.15) is 12.5 Å². The van der Waals surface area contributed by atoms with Crippen LogP contribution in [-0.4, -0.2) is 38.3 Å². The van der Waals surface area contributed by atoms with Gasteiger partial charge >= 0.3 is 0 Å². The molecule has 0 aromatic heterocycles. The number of hydrogen-bond acceptors (Lipinski definition) is 5. The molecule has 1 heterocycles. The minimum absolute atomic E-state index is 0.0455. The highest BCUT2D eigenvalue weighted by molar-refractivity contribution is 5.85. The number of rotatable bonds is 4. The molecule has 1 aliphatic rings. The molecule has 0 spiro atoms. The Morgan fingerprint density at radius 3 is 3.14 bits per heavy atom. The van der Waals surface area contributed by atoms with E-state index in [4.69, 9.17) is 15.7 Å². The van der Waals surface area contributed by atoms with Gasteiger partial charge in [-0.15, -0.1) is 0 Å². The van der Waals surface area contributed by atoms with Gasteiger partial charge in [0.1, 0.15) is 6.04 Å². The second-order valence-electron chi connectivity index (χ2n) is 4.90. The van der Waals surface area contributed by atoms with Crippen LogP contribution in [0.4, 0.5) is 11.4 Å². The number of nitriles is 1. The van der Waals surface area contributed by atoms with Crippen molar-refractivity contribution in [3.8, 4) is 6.07 Å². The van der Waals surface area contributed by atoms with E-state index >= 15 is 0 Å². The van der Waals surface area contributed by atoms with Crippen LogP contribution in [0.15, 0.2) is 18.2 Å². The molecule has 1 aliphatic heterocycles. The summed E-state index contributed by atoms with van der Waals surface area (Å²) in [6.45, 7) is 4.06. The fourth-order valence-corrected chi connectivity index (χ4v) is 2.43. The first-order chi connectivity index (χ1) is 10.2. The molecule has 2 rings (SSSR count). The molecular weight excluding hydrogens is 268 g/mol. The maximum absolute atomic E-state index is 12.1. The molecule has 1 fully saturated rings. The lowest BCUT2D eigenvalue weighted by Gasteiger charge is -2.36. The molecule has 0 radical (unpaired) electrons. The molecule has 0 saturated carbocycles. The number of nitrogens with two attached hydrogens (primary N) is 1.